The highest BCUT2D eigenvalue weighted by Crippen LogP contribution is 2.40. The third-order valence-corrected chi connectivity index (χ3v) is 3.28. The lowest BCUT2D eigenvalue weighted by Gasteiger charge is -2.18. The van der Waals surface area contributed by atoms with E-state index in [9.17, 15) is 34.8 Å². The minimum atomic E-state index is -6.33. The molecular weight excluding hydrogens is 328 g/mol. The van der Waals surface area contributed by atoms with Gasteiger partial charge in [-0.1, -0.05) is 6.92 Å². The van der Waals surface area contributed by atoms with Gasteiger partial charge in [0.05, 0.1) is 0 Å². The van der Waals surface area contributed by atoms with Crippen molar-refractivity contribution in [3.05, 3.63) is 28.8 Å². The molecule has 0 amide bonds. The molecule has 0 bridgehead atoms. The first kappa shape index (κ1) is 17.6. The molecular formula is C10H9F6NO3S. The molecule has 21 heavy (non-hydrogen) atoms. The standard InChI is InChI=1S/C10H9F6NO3S/c1-2-3-17-9-7(13)5(11)4(6(12)8(9)14)10(15,16)21(18,19)20/h17H,2-3H2,1H3,(H,18,19,20). The van der Waals surface area contributed by atoms with E-state index in [0.717, 1.165) is 0 Å². The van der Waals surface area contributed by atoms with Gasteiger partial charge in [0.15, 0.2) is 23.3 Å². The number of halogens is 6. The molecule has 0 fully saturated rings. The zero-order valence-electron chi connectivity index (χ0n) is 10.4. The lowest BCUT2D eigenvalue weighted by molar-refractivity contribution is 0.0686. The monoisotopic (exact) mass is 337 g/mol. The maximum Gasteiger partial charge on any atom is 0.400 e. The van der Waals surface area contributed by atoms with Crippen LogP contribution in [0.5, 0.6) is 0 Å². The van der Waals surface area contributed by atoms with Crippen LogP contribution in [0.4, 0.5) is 32.0 Å². The summed E-state index contributed by atoms with van der Waals surface area (Å²) in [6.07, 6.45) is 0.297. The molecule has 0 aliphatic carbocycles. The summed E-state index contributed by atoms with van der Waals surface area (Å²) in [5.41, 5.74) is -4.07. The van der Waals surface area contributed by atoms with Gasteiger partial charge in [-0.3, -0.25) is 4.55 Å². The van der Waals surface area contributed by atoms with Crippen molar-refractivity contribution in [3.63, 3.8) is 0 Å². The van der Waals surface area contributed by atoms with Crippen LogP contribution in [0.15, 0.2) is 0 Å². The zero-order chi connectivity index (χ0) is 16.6. The molecule has 1 aromatic rings. The van der Waals surface area contributed by atoms with Crippen LogP contribution in [0.1, 0.15) is 18.9 Å². The lowest BCUT2D eigenvalue weighted by atomic mass is 10.1. The summed E-state index contributed by atoms with van der Waals surface area (Å²) in [6, 6.07) is 0. The van der Waals surface area contributed by atoms with Crippen LogP contribution in [0.25, 0.3) is 0 Å². The van der Waals surface area contributed by atoms with Crippen LogP contribution in [0, 0.1) is 23.3 Å². The first-order valence-electron chi connectivity index (χ1n) is 5.41. The molecule has 120 valence electrons. The fourth-order valence-corrected chi connectivity index (χ4v) is 1.86. The summed E-state index contributed by atoms with van der Waals surface area (Å²) in [7, 11) is -6.33. The normalized spacial score (nSPS) is 12.6. The van der Waals surface area contributed by atoms with Crippen molar-refractivity contribution in [2.45, 2.75) is 18.6 Å². The van der Waals surface area contributed by atoms with Gasteiger partial charge in [0.1, 0.15) is 11.3 Å². The molecule has 0 aliphatic rings. The summed E-state index contributed by atoms with van der Waals surface area (Å²) in [5, 5.41) is -3.61. The minimum absolute atomic E-state index is 0.124. The molecule has 0 unspecified atom stereocenters. The molecule has 1 aromatic carbocycles. The van der Waals surface area contributed by atoms with Crippen LogP contribution >= 0.6 is 0 Å². The Hall–Kier alpha value is -1.49. The van der Waals surface area contributed by atoms with Crippen LogP contribution < -0.4 is 5.32 Å². The topological polar surface area (TPSA) is 66.4 Å². The second kappa shape index (κ2) is 5.72. The van der Waals surface area contributed by atoms with Gasteiger partial charge in [-0.05, 0) is 6.42 Å². The van der Waals surface area contributed by atoms with Gasteiger partial charge in [0, 0.05) is 6.54 Å². The summed E-state index contributed by atoms with van der Waals surface area (Å²) in [5.74, 6) is -9.67. The fraction of sp³-hybridized carbons (Fsp3) is 0.400. The largest absolute Gasteiger partial charge is 0.400 e. The zero-order valence-corrected chi connectivity index (χ0v) is 11.2. The van der Waals surface area contributed by atoms with Gasteiger partial charge in [-0.2, -0.15) is 17.2 Å². The summed E-state index contributed by atoms with van der Waals surface area (Å²) in [6.45, 7) is 1.43. The molecule has 0 radical (unpaired) electrons. The van der Waals surface area contributed by atoms with E-state index in [1.165, 1.54) is 0 Å². The van der Waals surface area contributed by atoms with Crippen molar-refractivity contribution in [2.75, 3.05) is 11.9 Å². The molecule has 1 rings (SSSR count). The average Bonchev–Trinajstić information content (AvgIpc) is 2.35. The first-order valence-corrected chi connectivity index (χ1v) is 6.85. The summed E-state index contributed by atoms with van der Waals surface area (Å²) >= 11 is 0. The molecule has 0 aromatic heterocycles. The smallest absolute Gasteiger partial charge is 0.380 e. The van der Waals surface area contributed by atoms with Crippen molar-refractivity contribution in [1.29, 1.82) is 0 Å². The Morgan fingerprint density at radius 3 is 1.81 bits per heavy atom. The SMILES string of the molecule is CCCNc1c(F)c(F)c(C(F)(F)S(=O)(=O)O)c(F)c1F. The predicted molar refractivity (Wildman–Crippen MR) is 60.5 cm³/mol. The van der Waals surface area contributed by atoms with Crippen LogP contribution in [0.3, 0.4) is 0 Å². The molecule has 11 heteroatoms. The maximum atomic E-state index is 13.5. The van der Waals surface area contributed by atoms with E-state index in [-0.39, 0.29) is 6.54 Å². The van der Waals surface area contributed by atoms with E-state index in [4.69, 9.17) is 4.55 Å². The number of hydrogen-bond donors (Lipinski definition) is 2. The second-order valence-electron chi connectivity index (χ2n) is 3.92. The van der Waals surface area contributed by atoms with Crippen molar-refractivity contribution >= 4 is 15.8 Å². The molecule has 0 atom stereocenters. The van der Waals surface area contributed by atoms with E-state index < -0.39 is 49.9 Å². The van der Waals surface area contributed by atoms with Crippen LogP contribution in [0.2, 0.25) is 0 Å². The Labute approximate surface area is 115 Å². The maximum absolute atomic E-state index is 13.5. The number of alkyl halides is 2. The molecule has 0 saturated carbocycles. The Morgan fingerprint density at radius 1 is 1.05 bits per heavy atom. The van der Waals surface area contributed by atoms with Crippen molar-refractivity contribution in [3.8, 4) is 0 Å². The molecule has 0 heterocycles. The number of rotatable bonds is 5. The fourth-order valence-electron chi connectivity index (χ4n) is 1.42. The van der Waals surface area contributed by atoms with Gasteiger partial charge < -0.3 is 5.32 Å². The van der Waals surface area contributed by atoms with Gasteiger partial charge in [-0.25, -0.2) is 17.6 Å². The van der Waals surface area contributed by atoms with E-state index in [1.807, 2.05) is 5.32 Å². The molecule has 4 nitrogen and oxygen atoms in total. The molecule has 0 aliphatic heterocycles. The quantitative estimate of drug-likeness (QED) is 0.492. The van der Waals surface area contributed by atoms with Crippen LogP contribution in [-0.2, 0) is 15.4 Å². The predicted octanol–water partition coefficient (Wildman–Crippen LogP) is 3.00. The highest BCUT2D eigenvalue weighted by Gasteiger charge is 2.52. The minimum Gasteiger partial charge on any atom is -0.380 e. The van der Waals surface area contributed by atoms with Gasteiger partial charge >= 0.3 is 15.4 Å². The first-order chi connectivity index (χ1) is 9.46. The van der Waals surface area contributed by atoms with E-state index in [1.54, 1.807) is 6.92 Å². The second-order valence-corrected chi connectivity index (χ2v) is 5.39. The van der Waals surface area contributed by atoms with E-state index >= 15 is 0 Å². The summed E-state index contributed by atoms with van der Waals surface area (Å²) in [4.78, 5) is 0. The van der Waals surface area contributed by atoms with Crippen molar-refractivity contribution < 1.29 is 39.3 Å². The average molecular weight is 337 g/mol. The summed E-state index contributed by atoms with van der Waals surface area (Å²) < 4.78 is 110. The number of anilines is 1. The van der Waals surface area contributed by atoms with E-state index in [2.05, 4.69) is 0 Å². The number of nitrogens with one attached hydrogen (secondary N) is 1. The Bertz CT molecular complexity index is 632. The van der Waals surface area contributed by atoms with Gasteiger partial charge in [0.25, 0.3) is 0 Å². The molecule has 0 spiro atoms. The third-order valence-electron chi connectivity index (χ3n) is 2.43. The highest BCUT2D eigenvalue weighted by atomic mass is 32.2. The van der Waals surface area contributed by atoms with Crippen molar-refractivity contribution in [1.82, 2.24) is 0 Å². The van der Waals surface area contributed by atoms with Gasteiger partial charge in [0.2, 0.25) is 0 Å². The number of benzene rings is 1. The van der Waals surface area contributed by atoms with Gasteiger partial charge in [-0.15, -0.1) is 0 Å². The van der Waals surface area contributed by atoms with E-state index in [0.29, 0.717) is 6.42 Å². The number of hydrogen-bond acceptors (Lipinski definition) is 3. The third kappa shape index (κ3) is 2.93. The molecule has 2 N–H and O–H groups in total. The van der Waals surface area contributed by atoms with Crippen LogP contribution in [-0.4, -0.2) is 19.5 Å². The Kier molecular flexibility index (Phi) is 4.78. The Balaban J connectivity index is 3.66. The highest BCUT2D eigenvalue weighted by molar-refractivity contribution is 7.86. The lowest BCUT2D eigenvalue weighted by Crippen LogP contribution is -2.29. The van der Waals surface area contributed by atoms with Crippen molar-refractivity contribution in [2.24, 2.45) is 0 Å². The Morgan fingerprint density at radius 2 is 1.48 bits per heavy atom. The molecule has 0 saturated heterocycles.